The first-order chi connectivity index (χ1) is 14.3. The first-order valence-electron chi connectivity index (χ1n) is 13.3. The van der Waals surface area contributed by atoms with E-state index in [-0.39, 0.29) is 0 Å². The van der Waals surface area contributed by atoms with Crippen LogP contribution in [-0.4, -0.2) is 6.61 Å². The number of fused-ring (bicyclic) bond motifs is 5. The second-order valence-electron chi connectivity index (χ2n) is 12.3. The molecule has 1 nitrogen and oxygen atoms in total. The van der Waals surface area contributed by atoms with Crippen LogP contribution >= 0.6 is 0 Å². The molecule has 30 heavy (non-hydrogen) atoms. The second kappa shape index (κ2) is 8.67. The standard InChI is InChI=1S/C29H48O/c1-7-30-23-15-17-28(5)22(19-23)11-12-24-26-14-13-25(21(4)10-8-9-20(2)3)29(26,6)18-16-27(24)28/h11,19-21,24-27H,7-10,12-18H2,1-6H3/t21-,24+,25-,26+,27+,28+,29-/m1/s1. The van der Waals surface area contributed by atoms with Crippen LogP contribution in [0.5, 0.6) is 0 Å². The fraction of sp³-hybridized carbons (Fsp3) is 0.862. The fourth-order valence-corrected chi connectivity index (χ4v) is 8.62. The zero-order valence-corrected chi connectivity index (χ0v) is 20.8. The fourth-order valence-electron chi connectivity index (χ4n) is 8.62. The van der Waals surface area contributed by atoms with Gasteiger partial charge in [-0.1, -0.05) is 60.0 Å². The molecule has 0 aliphatic heterocycles. The molecular formula is C29H48O. The van der Waals surface area contributed by atoms with E-state index in [9.17, 15) is 0 Å². The van der Waals surface area contributed by atoms with E-state index in [0.29, 0.717) is 10.8 Å². The topological polar surface area (TPSA) is 9.23 Å². The van der Waals surface area contributed by atoms with E-state index < -0.39 is 0 Å². The molecule has 0 aromatic heterocycles. The average molecular weight is 413 g/mol. The Labute approximate surface area is 187 Å². The number of ether oxygens (including phenoxy) is 1. The van der Waals surface area contributed by atoms with Gasteiger partial charge >= 0.3 is 0 Å². The van der Waals surface area contributed by atoms with Gasteiger partial charge < -0.3 is 4.74 Å². The van der Waals surface area contributed by atoms with Gasteiger partial charge in [0.15, 0.2) is 0 Å². The number of hydrogen-bond donors (Lipinski definition) is 0. The lowest BCUT2D eigenvalue weighted by Gasteiger charge is -2.57. The molecule has 0 spiro atoms. The maximum Gasteiger partial charge on any atom is 0.0962 e. The van der Waals surface area contributed by atoms with Crippen molar-refractivity contribution in [3.8, 4) is 0 Å². The van der Waals surface area contributed by atoms with Crippen LogP contribution in [-0.2, 0) is 4.74 Å². The van der Waals surface area contributed by atoms with Gasteiger partial charge in [-0.2, -0.15) is 0 Å². The summed E-state index contributed by atoms with van der Waals surface area (Å²) in [5.74, 6) is 6.74. The largest absolute Gasteiger partial charge is 0.498 e. The Morgan fingerprint density at radius 1 is 1.03 bits per heavy atom. The van der Waals surface area contributed by atoms with Gasteiger partial charge in [0.2, 0.25) is 0 Å². The van der Waals surface area contributed by atoms with Crippen molar-refractivity contribution < 1.29 is 4.74 Å². The highest BCUT2D eigenvalue weighted by Crippen LogP contribution is 2.67. The number of hydrogen-bond acceptors (Lipinski definition) is 1. The first-order valence-corrected chi connectivity index (χ1v) is 13.3. The summed E-state index contributed by atoms with van der Waals surface area (Å²) >= 11 is 0. The second-order valence-corrected chi connectivity index (χ2v) is 12.3. The Balaban J connectivity index is 1.50. The first kappa shape index (κ1) is 22.5. The molecule has 0 aromatic rings. The molecule has 0 unspecified atom stereocenters. The molecule has 4 aliphatic carbocycles. The van der Waals surface area contributed by atoms with Crippen LogP contribution in [0.2, 0.25) is 0 Å². The SMILES string of the molecule is CCOC1=CC2=CC[C@H]3[C@@H]4CC[C@H]([C@H](C)CCCC(C)C)[C@@]4(C)CC[C@@H]3[C@@]2(C)CC1. The average Bonchev–Trinajstić information content (AvgIpc) is 3.05. The van der Waals surface area contributed by atoms with Crippen LogP contribution in [0.25, 0.3) is 0 Å². The van der Waals surface area contributed by atoms with Crippen molar-refractivity contribution in [1.82, 2.24) is 0 Å². The summed E-state index contributed by atoms with van der Waals surface area (Å²) in [6, 6.07) is 0. The van der Waals surface area contributed by atoms with Crippen molar-refractivity contribution in [1.29, 1.82) is 0 Å². The van der Waals surface area contributed by atoms with Crippen molar-refractivity contribution in [3.63, 3.8) is 0 Å². The number of allylic oxidation sites excluding steroid dienone is 4. The smallest absolute Gasteiger partial charge is 0.0962 e. The molecule has 0 heterocycles. The Kier molecular flexibility index (Phi) is 6.49. The van der Waals surface area contributed by atoms with Gasteiger partial charge in [-0.25, -0.2) is 0 Å². The zero-order valence-electron chi connectivity index (χ0n) is 20.8. The minimum absolute atomic E-state index is 0.395. The molecule has 2 saturated carbocycles. The van der Waals surface area contributed by atoms with E-state index in [1.165, 1.54) is 63.5 Å². The third kappa shape index (κ3) is 3.81. The van der Waals surface area contributed by atoms with Gasteiger partial charge in [0.05, 0.1) is 12.4 Å². The molecule has 0 saturated heterocycles. The lowest BCUT2D eigenvalue weighted by molar-refractivity contribution is -0.0467. The Bertz CT molecular complexity index is 672. The molecule has 2 fully saturated rings. The minimum Gasteiger partial charge on any atom is -0.498 e. The molecule has 0 amide bonds. The van der Waals surface area contributed by atoms with Gasteiger partial charge in [0.25, 0.3) is 0 Å². The molecule has 1 heteroatoms. The lowest BCUT2D eigenvalue weighted by atomic mass is 9.47. The molecule has 7 atom stereocenters. The highest BCUT2D eigenvalue weighted by atomic mass is 16.5. The van der Waals surface area contributed by atoms with Crippen molar-refractivity contribution in [2.75, 3.05) is 6.61 Å². The molecule has 170 valence electrons. The normalized spacial score (nSPS) is 41.4. The van der Waals surface area contributed by atoms with E-state index in [4.69, 9.17) is 4.74 Å². The van der Waals surface area contributed by atoms with Crippen molar-refractivity contribution in [2.24, 2.45) is 46.3 Å². The Morgan fingerprint density at radius 2 is 1.83 bits per heavy atom. The lowest BCUT2D eigenvalue weighted by Crippen LogP contribution is -2.49. The van der Waals surface area contributed by atoms with Crippen LogP contribution in [0.3, 0.4) is 0 Å². The predicted molar refractivity (Wildman–Crippen MR) is 128 cm³/mol. The van der Waals surface area contributed by atoms with E-state index in [0.717, 1.165) is 48.5 Å². The molecule has 4 rings (SSSR count). The summed E-state index contributed by atoms with van der Waals surface area (Å²) < 4.78 is 5.91. The van der Waals surface area contributed by atoms with Crippen LogP contribution in [0.1, 0.15) is 106 Å². The highest BCUT2D eigenvalue weighted by molar-refractivity contribution is 5.35. The maximum absolute atomic E-state index is 5.91. The third-order valence-electron chi connectivity index (χ3n) is 10.3. The van der Waals surface area contributed by atoms with E-state index in [1.54, 1.807) is 5.57 Å². The number of rotatable bonds is 7. The summed E-state index contributed by atoms with van der Waals surface area (Å²) in [5, 5.41) is 0. The molecular weight excluding hydrogens is 364 g/mol. The zero-order chi connectivity index (χ0) is 21.5. The summed E-state index contributed by atoms with van der Waals surface area (Å²) in [5.41, 5.74) is 2.60. The monoisotopic (exact) mass is 412 g/mol. The predicted octanol–water partition coefficient (Wildman–Crippen LogP) is 8.56. The Hall–Kier alpha value is -0.720. The van der Waals surface area contributed by atoms with Gasteiger partial charge in [-0.15, -0.1) is 0 Å². The van der Waals surface area contributed by atoms with Gasteiger partial charge in [0.1, 0.15) is 0 Å². The van der Waals surface area contributed by atoms with E-state index in [2.05, 4.69) is 53.7 Å². The molecule has 4 aliphatic rings. The molecule has 0 bridgehead atoms. The van der Waals surface area contributed by atoms with Gasteiger partial charge in [-0.3, -0.25) is 0 Å². The Morgan fingerprint density at radius 3 is 2.57 bits per heavy atom. The highest BCUT2D eigenvalue weighted by Gasteiger charge is 2.58. The van der Waals surface area contributed by atoms with Crippen molar-refractivity contribution in [2.45, 2.75) is 106 Å². The minimum atomic E-state index is 0.395. The van der Waals surface area contributed by atoms with Crippen molar-refractivity contribution in [3.05, 3.63) is 23.5 Å². The van der Waals surface area contributed by atoms with Crippen molar-refractivity contribution >= 4 is 0 Å². The third-order valence-corrected chi connectivity index (χ3v) is 10.3. The molecule has 0 N–H and O–H groups in total. The van der Waals surface area contributed by atoms with Crippen LogP contribution in [0.15, 0.2) is 23.5 Å². The van der Waals surface area contributed by atoms with Crippen LogP contribution in [0.4, 0.5) is 0 Å². The van der Waals surface area contributed by atoms with Crippen LogP contribution < -0.4 is 0 Å². The van der Waals surface area contributed by atoms with Gasteiger partial charge in [0, 0.05) is 6.42 Å². The van der Waals surface area contributed by atoms with Crippen LogP contribution in [0, 0.1) is 46.3 Å². The quantitative estimate of drug-likeness (QED) is 0.407. The summed E-state index contributed by atoms with van der Waals surface area (Å²) in [6.45, 7) is 15.6. The summed E-state index contributed by atoms with van der Waals surface area (Å²) in [4.78, 5) is 0. The maximum atomic E-state index is 5.91. The summed E-state index contributed by atoms with van der Waals surface area (Å²) in [7, 11) is 0. The van der Waals surface area contributed by atoms with Gasteiger partial charge in [-0.05, 0) is 103 Å². The van der Waals surface area contributed by atoms with E-state index in [1.807, 2.05) is 0 Å². The molecule has 0 radical (unpaired) electrons. The van der Waals surface area contributed by atoms with E-state index >= 15 is 0 Å². The summed E-state index contributed by atoms with van der Waals surface area (Å²) in [6.07, 6.45) is 19.0. The molecule has 0 aromatic carbocycles.